The van der Waals surface area contributed by atoms with Crippen molar-refractivity contribution in [3.8, 4) is 0 Å². The number of halogens is 2. The quantitative estimate of drug-likeness (QED) is 0.607. The first-order valence-electron chi connectivity index (χ1n) is 5.84. The van der Waals surface area contributed by atoms with Crippen LogP contribution in [0.3, 0.4) is 0 Å². The summed E-state index contributed by atoms with van der Waals surface area (Å²) in [5, 5.41) is 0. The maximum Gasteiger partial charge on any atom is 0.162 e. The van der Waals surface area contributed by atoms with Crippen molar-refractivity contribution < 1.29 is 13.5 Å². The summed E-state index contributed by atoms with van der Waals surface area (Å²) in [7, 11) is 1.61. The molecule has 0 radical (unpaired) electrons. The van der Waals surface area contributed by atoms with E-state index in [0.717, 1.165) is 6.07 Å². The molecule has 1 rings (SSSR count). The van der Waals surface area contributed by atoms with Crippen molar-refractivity contribution in [3.63, 3.8) is 0 Å². The van der Waals surface area contributed by atoms with Gasteiger partial charge in [-0.3, -0.25) is 11.3 Å². The van der Waals surface area contributed by atoms with E-state index in [2.05, 4.69) is 5.43 Å². The Balaban J connectivity index is 2.77. The molecule has 0 aliphatic rings. The van der Waals surface area contributed by atoms with Crippen molar-refractivity contribution in [2.24, 2.45) is 5.84 Å². The van der Waals surface area contributed by atoms with E-state index in [1.807, 2.05) is 13.8 Å². The first-order valence-corrected chi connectivity index (χ1v) is 5.84. The predicted octanol–water partition coefficient (Wildman–Crippen LogP) is 2.15. The fraction of sp³-hybridized carbons (Fsp3) is 0.538. The highest BCUT2D eigenvalue weighted by Crippen LogP contribution is 2.20. The molecule has 0 aliphatic carbocycles. The Morgan fingerprint density at radius 2 is 2.06 bits per heavy atom. The maximum atomic E-state index is 13.5. The molecule has 1 aromatic rings. The van der Waals surface area contributed by atoms with Crippen LogP contribution < -0.4 is 11.3 Å². The average molecular weight is 258 g/mol. The van der Waals surface area contributed by atoms with Gasteiger partial charge in [-0.1, -0.05) is 12.1 Å². The van der Waals surface area contributed by atoms with Crippen molar-refractivity contribution >= 4 is 0 Å². The molecule has 3 N–H and O–H groups in total. The lowest BCUT2D eigenvalue weighted by Gasteiger charge is -2.28. The van der Waals surface area contributed by atoms with Gasteiger partial charge < -0.3 is 4.74 Å². The van der Waals surface area contributed by atoms with E-state index in [1.165, 1.54) is 6.07 Å². The van der Waals surface area contributed by atoms with Gasteiger partial charge in [0.25, 0.3) is 0 Å². The van der Waals surface area contributed by atoms with Crippen LogP contribution in [-0.2, 0) is 11.2 Å². The topological polar surface area (TPSA) is 47.3 Å². The van der Waals surface area contributed by atoms with Crippen LogP contribution in [0.2, 0.25) is 0 Å². The van der Waals surface area contributed by atoms with Crippen molar-refractivity contribution in [2.45, 2.75) is 38.3 Å². The molecule has 1 aromatic carbocycles. The summed E-state index contributed by atoms with van der Waals surface area (Å²) in [6.45, 7) is 3.83. The number of methoxy groups -OCH3 is 1. The predicted molar refractivity (Wildman–Crippen MR) is 66.9 cm³/mol. The molecule has 0 aromatic heterocycles. The molecule has 5 heteroatoms. The molecular weight excluding hydrogens is 238 g/mol. The smallest absolute Gasteiger partial charge is 0.162 e. The highest BCUT2D eigenvalue weighted by molar-refractivity contribution is 5.20. The first-order chi connectivity index (χ1) is 8.39. The minimum Gasteiger partial charge on any atom is -0.379 e. The van der Waals surface area contributed by atoms with Crippen LogP contribution in [0.15, 0.2) is 18.2 Å². The summed E-state index contributed by atoms with van der Waals surface area (Å²) in [4.78, 5) is 0. The highest BCUT2D eigenvalue weighted by Gasteiger charge is 2.23. The van der Waals surface area contributed by atoms with E-state index in [4.69, 9.17) is 10.6 Å². The van der Waals surface area contributed by atoms with Gasteiger partial charge in [0.15, 0.2) is 11.6 Å². The van der Waals surface area contributed by atoms with Crippen molar-refractivity contribution in [2.75, 3.05) is 7.11 Å². The van der Waals surface area contributed by atoms with Gasteiger partial charge in [-0.2, -0.15) is 0 Å². The number of ether oxygens (including phenoxy) is 1. The minimum atomic E-state index is -0.839. The molecule has 3 nitrogen and oxygen atoms in total. The zero-order valence-corrected chi connectivity index (χ0v) is 11.0. The molecule has 0 fully saturated rings. The second-order valence-electron chi connectivity index (χ2n) is 4.95. The third-order valence-corrected chi connectivity index (χ3v) is 3.02. The molecule has 1 unspecified atom stereocenters. The van der Waals surface area contributed by atoms with Gasteiger partial charge >= 0.3 is 0 Å². The Morgan fingerprint density at radius 3 is 2.61 bits per heavy atom. The number of nitrogens with one attached hydrogen (secondary N) is 1. The highest BCUT2D eigenvalue weighted by atomic mass is 19.2. The second kappa shape index (κ2) is 6.22. The number of hydrogen-bond acceptors (Lipinski definition) is 3. The number of hydrogen-bond donors (Lipinski definition) is 2. The largest absolute Gasteiger partial charge is 0.379 e. The zero-order valence-electron chi connectivity index (χ0n) is 11.0. The van der Waals surface area contributed by atoms with Crippen LogP contribution >= 0.6 is 0 Å². The molecule has 0 spiro atoms. The van der Waals surface area contributed by atoms with E-state index in [0.29, 0.717) is 18.4 Å². The Bertz CT molecular complexity index is 397. The summed E-state index contributed by atoms with van der Waals surface area (Å²) in [6.07, 6.45) is 0.906. The zero-order chi connectivity index (χ0) is 13.8. The van der Waals surface area contributed by atoms with Gasteiger partial charge in [0.1, 0.15) is 0 Å². The SMILES string of the molecule is COC(C)(C)CC(Cc1cccc(F)c1F)NN. The van der Waals surface area contributed by atoms with E-state index >= 15 is 0 Å². The Morgan fingerprint density at radius 1 is 1.39 bits per heavy atom. The van der Waals surface area contributed by atoms with Crippen molar-refractivity contribution in [1.82, 2.24) is 5.43 Å². The lowest BCUT2D eigenvalue weighted by molar-refractivity contribution is 0.00703. The summed E-state index contributed by atoms with van der Waals surface area (Å²) >= 11 is 0. The number of rotatable bonds is 6. The molecular formula is C13H20F2N2O. The lowest BCUT2D eigenvalue weighted by Crippen LogP contribution is -2.42. The van der Waals surface area contributed by atoms with Gasteiger partial charge in [-0.15, -0.1) is 0 Å². The van der Waals surface area contributed by atoms with Gasteiger partial charge in [0.2, 0.25) is 0 Å². The van der Waals surface area contributed by atoms with Crippen LogP contribution in [-0.4, -0.2) is 18.8 Å². The van der Waals surface area contributed by atoms with Crippen LogP contribution in [0.5, 0.6) is 0 Å². The molecule has 0 heterocycles. The van der Waals surface area contributed by atoms with Gasteiger partial charge in [-0.05, 0) is 38.3 Å². The summed E-state index contributed by atoms with van der Waals surface area (Å²) in [5.41, 5.74) is 2.55. The van der Waals surface area contributed by atoms with E-state index in [9.17, 15) is 8.78 Å². The molecule has 0 bridgehead atoms. The van der Waals surface area contributed by atoms with Crippen LogP contribution in [0.4, 0.5) is 8.78 Å². The standard InChI is InChI=1S/C13H20F2N2O/c1-13(2,18-3)8-10(17-16)7-9-5-4-6-11(14)12(9)15/h4-6,10,17H,7-8,16H2,1-3H3. The third-order valence-electron chi connectivity index (χ3n) is 3.02. The molecule has 18 heavy (non-hydrogen) atoms. The molecule has 0 aliphatic heterocycles. The fourth-order valence-electron chi connectivity index (χ4n) is 1.84. The fourth-order valence-corrected chi connectivity index (χ4v) is 1.84. The van der Waals surface area contributed by atoms with Gasteiger partial charge in [-0.25, -0.2) is 8.78 Å². The monoisotopic (exact) mass is 258 g/mol. The molecule has 0 saturated carbocycles. The summed E-state index contributed by atoms with van der Waals surface area (Å²) in [6, 6.07) is 3.96. The van der Waals surface area contributed by atoms with Gasteiger partial charge in [0, 0.05) is 13.2 Å². The molecule has 0 amide bonds. The number of hydrazine groups is 1. The number of benzene rings is 1. The van der Waals surface area contributed by atoms with E-state index in [1.54, 1.807) is 13.2 Å². The molecule has 1 atom stereocenters. The minimum absolute atomic E-state index is 0.184. The van der Waals surface area contributed by atoms with Crippen LogP contribution in [0.25, 0.3) is 0 Å². The number of nitrogens with two attached hydrogens (primary N) is 1. The Kier molecular flexibility index (Phi) is 5.19. The van der Waals surface area contributed by atoms with Crippen LogP contribution in [0, 0.1) is 11.6 Å². The molecule has 102 valence electrons. The Hall–Kier alpha value is -1.04. The third kappa shape index (κ3) is 4.01. The van der Waals surface area contributed by atoms with Crippen molar-refractivity contribution in [1.29, 1.82) is 0 Å². The molecule has 0 saturated heterocycles. The second-order valence-corrected chi connectivity index (χ2v) is 4.95. The van der Waals surface area contributed by atoms with Crippen molar-refractivity contribution in [3.05, 3.63) is 35.4 Å². The maximum absolute atomic E-state index is 13.5. The summed E-state index contributed by atoms with van der Waals surface area (Å²) in [5.74, 6) is 3.80. The van der Waals surface area contributed by atoms with E-state index in [-0.39, 0.29) is 11.6 Å². The van der Waals surface area contributed by atoms with E-state index < -0.39 is 11.6 Å². The normalized spacial score (nSPS) is 13.7. The first kappa shape index (κ1) is 15.0. The van der Waals surface area contributed by atoms with Crippen LogP contribution in [0.1, 0.15) is 25.8 Å². The summed E-state index contributed by atoms with van der Waals surface area (Å²) < 4.78 is 31.9. The van der Waals surface area contributed by atoms with Gasteiger partial charge in [0.05, 0.1) is 5.60 Å². The Labute approximate surface area is 106 Å². The average Bonchev–Trinajstić information content (AvgIpc) is 2.33. The lowest BCUT2D eigenvalue weighted by atomic mass is 9.94.